The zero-order chi connectivity index (χ0) is 13.7. The Balaban J connectivity index is 2.16. The van der Waals surface area contributed by atoms with Crippen LogP contribution in [-0.2, 0) is 0 Å². The normalized spacial score (nSPS) is 18.5. The molecular weight excluding hydrogens is 236 g/mol. The van der Waals surface area contributed by atoms with Crippen molar-refractivity contribution in [3.05, 3.63) is 53.6 Å². The Hall–Kier alpha value is -1.96. The molecule has 1 aliphatic rings. The molecule has 0 spiro atoms. The van der Waals surface area contributed by atoms with E-state index in [1.165, 1.54) is 5.57 Å². The van der Waals surface area contributed by atoms with Crippen molar-refractivity contribution in [3.8, 4) is 11.5 Å². The Morgan fingerprint density at radius 3 is 2.26 bits per heavy atom. The van der Waals surface area contributed by atoms with E-state index in [1.807, 2.05) is 18.2 Å². The van der Waals surface area contributed by atoms with Crippen LogP contribution in [0.25, 0.3) is 6.08 Å². The quantitative estimate of drug-likeness (QED) is 0.802. The van der Waals surface area contributed by atoms with Gasteiger partial charge in [0.1, 0.15) is 11.5 Å². The largest absolute Gasteiger partial charge is 0.497 e. The van der Waals surface area contributed by atoms with E-state index in [1.54, 1.807) is 14.2 Å². The zero-order valence-corrected chi connectivity index (χ0v) is 11.7. The van der Waals surface area contributed by atoms with Gasteiger partial charge < -0.3 is 9.47 Å². The van der Waals surface area contributed by atoms with Crippen LogP contribution in [0.15, 0.2) is 48.1 Å². The van der Waals surface area contributed by atoms with E-state index < -0.39 is 0 Å². The molecule has 0 bridgehead atoms. The van der Waals surface area contributed by atoms with Crippen LogP contribution in [-0.4, -0.2) is 14.2 Å². The summed E-state index contributed by atoms with van der Waals surface area (Å²) in [6, 6.07) is 5.86. The highest BCUT2D eigenvalue weighted by molar-refractivity contribution is 5.59. The summed E-state index contributed by atoms with van der Waals surface area (Å²) in [6.07, 6.45) is 12.0. The molecule has 100 valence electrons. The van der Waals surface area contributed by atoms with E-state index in [4.69, 9.17) is 9.47 Å². The topological polar surface area (TPSA) is 18.5 Å². The first-order chi connectivity index (χ1) is 9.21. The molecule has 1 atom stereocenters. The average molecular weight is 256 g/mol. The summed E-state index contributed by atoms with van der Waals surface area (Å²) < 4.78 is 10.5. The molecule has 0 N–H and O–H groups in total. The number of methoxy groups -OCH3 is 2. The first-order valence-corrected chi connectivity index (χ1v) is 6.51. The molecule has 0 saturated heterocycles. The van der Waals surface area contributed by atoms with Gasteiger partial charge in [0.15, 0.2) is 0 Å². The van der Waals surface area contributed by atoms with Gasteiger partial charge in [0, 0.05) is 6.07 Å². The van der Waals surface area contributed by atoms with Gasteiger partial charge in [0.2, 0.25) is 0 Å². The highest BCUT2D eigenvalue weighted by Crippen LogP contribution is 2.24. The molecule has 1 aromatic carbocycles. The van der Waals surface area contributed by atoms with Gasteiger partial charge in [-0.05, 0) is 35.6 Å². The van der Waals surface area contributed by atoms with Crippen molar-refractivity contribution < 1.29 is 9.47 Å². The Morgan fingerprint density at radius 2 is 1.74 bits per heavy atom. The molecule has 0 radical (unpaired) electrons. The van der Waals surface area contributed by atoms with Gasteiger partial charge in [-0.3, -0.25) is 0 Å². The second-order valence-electron chi connectivity index (χ2n) is 4.76. The van der Waals surface area contributed by atoms with Crippen molar-refractivity contribution >= 4 is 6.08 Å². The minimum absolute atomic E-state index is 0.647. The second-order valence-corrected chi connectivity index (χ2v) is 4.76. The third kappa shape index (κ3) is 3.75. The summed E-state index contributed by atoms with van der Waals surface area (Å²) in [5.74, 6) is 2.26. The Labute approximate surface area is 115 Å². The first kappa shape index (κ1) is 13.5. The highest BCUT2D eigenvalue weighted by Gasteiger charge is 2.02. The minimum atomic E-state index is 0.647. The predicted octanol–water partition coefficient (Wildman–Crippen LogP) is 4.24. The van der Waals surface area contributed by atoms with Crippen molar-refractivity contribution in [1.29, 1.82) is 0 Å². The first-order valence-electron chi connectivity index (χ1n) is 6.51. The maximum Gasteiger partial charge on any atom is 0.123 e. The Kier molecular flexibility index (Phi) is 4.45. The lowest BCUT2D eigenvalue weighted by molar-refractivity contribution is 0.394. The standard InChI is InChI=1S/C17H20O2/c1-13-4-6-14(7-5-13)8-9-15-10-16(18-2)12-17(11-15)19-3/h4,6-13H,5H2,1-3H3/b9-8+/t13-/m1/s1. The van der Waals surface area contributed by atoms with Crippen LogP contribution < -0.4 is 9.47 Å². The summed E-state index contributed by atoms with van der Waals surface area (Å²) in [6.45, 7) is 2.22. The van der Waals surface area contributed by atoms with E-state index in [0.717, 1.165) is 23.5 Å². The number of benzene rings is 1. The number of allylic oxidation sites excluding steroid dienone is 5. The van der Waals surface area contributed by atoms with Gasteiger partial charge in [-0.25, -0.2) is 0 Å². The number of rotatable bonds is 4. The lowest BCUT2D eigenvalue weighted by Gasteiger charge is -2.09. The van der Waals surface area contributed by atoms with Crippen LogP contribution in [0.5, 0.6) is 11.5 Å². The van der Waals surface area contributed by atoms with E-state index in [0.29, 0.717) is 5.92 Å². The van der Waals surface area contributed by atoms with Crippen molar-refractivity contribution in [2.24, 2.45) is 5.92 Å². The van der Waals surface area contributed by atoms with Crippen LogP contribution >= 0.6 is 0 Å². The van der Waals surface area contributed by atoms with Gasteiger partial charge in [0.05, 0.1) is 14.2 Å². The third-order valence-corrected chi connectivity index (χ3v) is 3.18. The SMILES string of the molecule is COc1cc(/C=C/C2=CC[C@H](C)C=C2)cc(OC)c1. The van der Waals surface area contributed by atoms with Crippen molar-refractivity contribution in [2.45, 2.75) is 13.3 Å². The average Bonchev–Trinajstić information content (AvgIpc) is 2.46. The van der Waals surface area contributed by atoms with Crippen LogP contribution in [0.1, 0.15) is 18.9 Å². The summed E-state index contributed by atoms with van der Waals surface area (Å²) in [5.41, 5.74) is 2.32. The molecular formula is C17H20O2. The van der Waals surface area contributed by atoms with Crippen molar-refractivity contribution in [2.75, 3.05) is 14.2 Å². The Morgan fingerprint density at radius 1 is 1.05 bits per heavy atom. The van der Waals surface area contributed by atoms with Gasteiger partial charge in [-0.2, -0.15) is 0 Å². The maximum atomic E-state index is 5.26. The molecule has 1 aliphatic carbocycles. The fourth-order valence-corrected chi connectivity index (χ4v) is 1.99. The summed E-state index contributed by atoms with van der Waals surface area (Å²) in [5, 5.41) is 0. The van der Waals surface area contributed by atoms with Gasteiger partial charge in [-0.15, -0.1) is 0 Å². The lowest BCUT2D eigenvalue weighted by Crippen LogP contribution is -1.92. The smallest absolute Gasteiger partial charge is 0.123 e. The molecule has 1 aromatic rings. The van der Waals surface area contributed by atoms with E-state index >= 15 is 0 Å². The molecule has 2 heteroatoms. The van der Waals surface area contributed by atoms with Crippen LogP contribution in [0.2, 0.25) is 0 Å². The van der Waals surface area contributed by atoms with Gasteiger partial charge >= 0.3 is 0 Å². The van der Waals surface area contributed by atoms with Crippen LogP contribution in [0, 0.1) is 5.92 Å². The van der Waals surface area contributed by atoms with Crippen molar-refractivity contribution in [3.63, 3.8) is 0 Å². The van der Waals surface area contributed by atoms with Gasteiger partial charge in [0.25, 0.3) is 0 Å². The zero-order valence-electron chi connectivity index (χ0n) is 11.7. The fraction of sp³-hybridized carbons (Fsp3) is 0.294. The number of ether oxygens (including phenoxy) is 2. The van der Waals surface area contributed by atoms with E-state index in [2.05, 4.69) is 37.3 Å². The molecule has 0 aromatic heterocycles. The molecule has 2 nitrogen and oxygen atoms in total. The Bertz CT molecular complexity index is 502. The molecule has 0 amide bonds. The number of hydrogen-bond donors (Lipinski definition) is 0. The highest BCUT2D eigenvalue weighted by atomic mass is 16.5. The van der Waals surface area contributed by atoms with E-state index in [-0.39, 0.29) is 0 Å². The maximum absolute atomic E-state index is 5.26. The predicted molar refractivity (Wildman–Crippen MR) is 79.6 cm³/mol. The molecule has 0 heterocycles. The fourth-order valence-electron chi connectivity index (χ4n) is 1.99. The lowest BCUT2D eigenvalue weighted by atomic mass is 9.98. The minimum Gasteiger partial charge on any atom is -0.497 e. The monoisotopic (exact) mass is 256 g/mol. The third-order valence-electron chi connectivity index (χ3n) is 3.18. The van der Waals surface area contributed by atoms with Crippen LogP contribution in [0.3, 0.4) is 0 Å². The van der Waals surface area contributed by atoms with Gasteiger partial charge in [-0.1, -0.05) is 37.3 Å². The molecule has 0 aliphatic heterocycles. The number of hydrogen-bond acceptors (Lipinski definition) is 2. The van der Waals surface area contributed by atoms with Crippen LogP contribution in [0.4, 0.5) is 0 Å². The molecule has 2 rings (SSSR count). The molecule has 19 heavy (non-hydrogen) atoms. The van der Waals surface area contributed by atoms with E-state index in [9.17, 15) is 0 Å². The molecule has 0 unspecified atom stereocenters. The summed E-state index contributed by atoms with van der Waals surface area (Å²) >= 11 is 0. The molecule has 0 saturated carbocycles. The molecule has 0 fully saturated rings. The second kappa shape index (κ2) is 6.28. The summed E-state index contributed by atoms with van der Waals surface area (Å²) in [7, 11) is 3.33. The summed E-state index contributed by atoms with van der Waals surface area (Å²) in [4.78, 5) is 0. The van der Waals surface area contributed by atoms with Crippen molar-refractivity contribution in [1.82, 2.24) is 0 Å².